The molecule has 1 aromatic carbocycles. The van der Waals surface area contributed by atoms with Crippen LogP contribution in [0.25, 0.3) is 0 Å². The molecule has 1 N–H and O–H groups in total. The number of aliphatic carboxylic acids is 1. The van der Waals surface area contributed by atoms with Gasteiger partial charge in [-0.15, -0.1) is 0 Å². The van der Waals surface area contributed by atoms with Crippen LogP contribution >= 0.6 is 15.9 Å². The van der Waals surface area contributed by atoms with Gasteiger partial charge in [0.1, 0.15) is 0 Å². The quantitative estimate of drug-likeness (QED) is 0.926. The molecule has 0 aliphatic carbocycles. The Labute approximate surface area is 110 Å². The first-order valence-electron chi connectivity index (χ1n) is 5.39. The number of halogens is 1. The topological polar surface area (TPSA) is 46.5 Å². The van der Waals surface area contributed by atoms with E-state index in [0.717, 1.165) is 10.0 Å². The Hall–Kier alpha value is -0.870. The fraction of sp³-hybridized carbons (Fsp3) is 0.462. The van der Waals surface area contributed by atoms with E-state index in [1.54, 1.807) is 0 Å². The predicted octanol–water partition coefficient (Wildman–Crippen LogP) is 3.47. The van der Waals surface area contributed by atoms with E-state index >= 15 is 0 Å². The van der Waals surface area contributed by atoms with Crippen molar-refractivity contribution in [3.05, 3.63) is 34.3 Å². The van der Waals surface area contributed by atoms with Crippen molar-refractivity contribution in [2.24, 2.45) is 5.41 Å². The molecular weight excluding hydrogens is 284 g/mol. The maximum atomic E-state index is 11.1. The number of hydrogen-bond acceptors (Lipinski definition) is 2. The van der Waals surface area contributed by atoms with Crippen molar-refractivity contribution in [1.29, 1.82) is 0 Å². The summed E-state index contributed by atoms with van der Waals surface area (Å²) in [5.41, 5.74) is 0.535. The van der Waals surface area contributed by atoms with E-state index in [4.69, 9.17) is 9.84 Å². The molecule has 0 aromatic heterocycles. The largest absolute Gasteiger partial charge is 0.479 e. The first-order chi connectivity index (χ1) is 7.80. The average molecular weight is 301 g/mol. The minimum atomic E-state index is -0.924. The Morgan fingerprint density at radius 3 is 2.59 bits per heavy atom. The first kappa shape index (κ1) is 14.2. The van der Waals surface area contributed by atoms with Gasteiger partial charge in [-0.05, 0) is 23.1 Å². The van der Waals surface area contributed by atoms with Gasteiger partial charge in [0.15, 0.2) is 6.10 Å². The summed E-state index contributed by atoms with van der Waals surface area (Å²) < 4.78 is 6.45. The third-order valence-electron chi connectivity index (χ3n) is 2.32. The summed E-state index contributed by atoms with van der Waals surface area (Å²) in [5, 5.41) is 9.11. The van der Waals surface area contributed by atoms with Gasteiger partial charge in [-0.3, -0.25) is 0 Å². The number of rotatable bonds is 4. The predicted molar refractivity (Wildman–Crippen MR) is 69.8 cm³/mol. The lowest BCUT2D eigenvalue weighted by atomic mass is 9.89. The normalized spacial score (nSPS) is 13.4. The van der Waals surface area contributed by atoms with Crippen LogP contribution in [0.15, 0.2) is 28.7 Å². The smallest absolute Gasteiger partial charge is 0.333 e. The Morgan fingerprint density at radius 1 is 1.47 bits per heavy atom. The number of ether oxygens (including phenoxy) is 1. The highest BCUT2D eigenvalue weighted by Crippen LogP contribution is 2.24. The number of carbonyl (C=O) groups is 1. The second-order valence-corrected chi connectivity index (χ2v) is 5.94. The van der Waals surface area contributed by atoms with Crippen molar-refractivity contribution >= 4 is 21.9 Å². The number of benzene rings is 1. The van der Waals surface area contributed by atoms with Crippen LogP contribution in [-0.4, -0.2) is 17.2 Å². The molecular formula is C13H17BrO3. The molecule has 0 spiro atoms. The molecule has 0 aliphatic heterocycles. The van der Waals surface area contributed by atoms with E-state index in [9.17, 15) is 4.79 Å². The maximum absolute atomic E-state index is 11.1. The van der Waals surface area contributed by atoms with Crippen LogP contribution in [0, 0.1) is 5.41 Å². The maximum Gasteiger partial charge on any atom is 0.333 e. The van der Waals surface area contributed by atoms with Crippen LogP contribution in [0.1, 0.15) is 26.3 Å². The van der Waals surface area contributed by atoms with E-state index in [1.165, 1.54) is 0 Å². The second-order valence-electron chi connectivity index (χ2n) is 5.03. The van der Waals surface area contributed by atoms with Crippen molar-refractivity contribution in [2.45, 2.75) is 33.5 Å². The van der Waals surface area contributed by atoms with Gasteiger partial charge in [0, 0.05) is 4.47 Å². The molecule has 4 heteroatoms. The molecule has 0 saturated heterocycles. The second kappa shape index (κ2) is 5.65. The molecule has 1 unspecified atom stereocenters. The summed E-state index contributed by atoms with van der Waals surface area (Å²) in [6.07, 6.45) is -0.804. The van der Waals surface area contributed by atoms with Gasteiger partial charge in [-0.25, -0.2) is 4.79 Å². The molecule has 0 saturated carbocycles. The summed E-state index contributed by atoms with van der Waals surface area (Å²) in [4.78, 5) is 11.1. The standard InChI is InChI=1S/C13H17BrO3/c1-13(2,3)11(12(15)16)17-8-9-5-4-6-10(14)7-9/h4-7,11H,8H2,1-3H3,(H,15,16). The minimum Gasteiger partial charge on any atom is -0.479 e. The zero-order valence-corrected chi connectivity index (χ0v) is 11.8. The van der Waals surface area contributed by atoms with Crippen molar-refractivity contribution < 1.29 is 14.6 Å². The fourth-order valence-corrected chi connectivity index (χ4v) is 1.94. The van der Waals surface area contributed by atoms with Gasteiger partial charge < -0.3 is 9.84 Å². The van der Waals surface area contributed by atoms with Crippen molar-refractivity contribution in [1.82, 2.24) is 0 Å². The molecule has 0 fully saturated rings. The van der Waals surface area contributed by atoms with Crippen LogP contribution in [0.3, 0.4) is 0 Å². The molecule has 0 amide bonds. The minimum absolute atomic E-state index is 0.299. The van der Waals surface area contributed by atoms with E-state index < -0.39 is 17.5 Å². The number of hydrogen-bond donors (Lipinski definition) is 1. The lowest BCUT2D eigenvalue weighted by molar-refractivity contribution is -0.159. The zero-order valence-electron chi connectivity index (χ0n) is 10.2. The van der Waals surface area contributed by atoms with Crippen molar-refractivity contribution in [3.63, 3.8) is 0 Å². The van der Waals surface area contributed by atoms with Gasteiger partial charge in [0.2, 0.25) is 0 Å². The molecule has 1 rings (SSSR count). The van der Waals surface area contributed by atoms with E-state index in [0.29, 0.717) is 6.61 Å². The molecule has 1 atom stereocenters. The molecule has 1 aromatic rings. The number of carboxylic acid groups (broad SMARTS) is 1. The van der Waals surface area contributed by atoms with Crippen molar-refractivity contribution in [2.75, 3.05) is 0 Å². The molecule has 94 valence electrons. The molecule has 0 radical (unpaired) electrons. The van der Waals surface area contributed by atoms with Gasteiger partial charge in [0.05, 0.1) is 6.61 Å². The van der Waals surface area contributed by atoms with E-state index in [1.807, 2.05) is 45.0 Å². The molecule has 17 heavy (non-hydrogen) atoms. The van der Waals surface area contributed by atoms with Crippen LogP contribution in [0.2, 0.25) is 0 Å². The fourth-order valence-electron chi connectivity index (χ4n) is 1.50. The summed E-state index contributed by atoms with van der Waals surface area (Å²) in [7, 11) is 0. The highest BCUT2D eigenvalue weighted by molar-refractivity contribution is 9.10. The summed E-state index contributed by atoms with van der Waals surface area (Å²) >= 11 is 3.37. The Bertz CT molecular complexity index is 396. The Morgan fingerprint density at radius 2 is 2.12 bits per heavy atom. The molecule has 0 bridgehead atoms. The summed E-state index contributed by atoms with van der Waals surface area (Å²) in [5.74, 6) is -0.924. The Kier molecular flexibility index (Phi) is 4.71. The zero-order chi connectivity index (χ0) is 13.1. The third-order valence-corrected chi connectivity index (χ3v) is 2.81. The van der Waals surface area contributed by atoms with E-state index in [2.05, 4.69) is 15.9 Å². The van der Waals surface area contributed by atoms with E-state index in [-0.39, 0.29) is 0 Å². The van der Waals surface area contributed by atoms with Crippen LogP contribution in [0.4, 0.5) is 0 Å². The average Bonchev–Trinajstić information content (AvgIpc) is 2.15. The summed E-state index contributed by atoms with van der Waals surface area (Å²) in [6, 6.07) is 7.64. The van der Waals surface area contributed by atoms with Crippen LogP contribution < -0.4 is 0 Å². The van der Waals surface area contributed by atoms with Gasteiger partial charge in [-0.2, -0.15) is 0 Å². The molecule has 0 heterocycles. The van der Waals surface area contributed by atoms with Crippen LogP contribution in [-0.2, 0) is 16.1 Å². The lowest BCUT2D eigenvalue weighted by Crippen LogP contribution is -2.36. The molecule has 3 nitrogen and oxygen atoms in total. The highest BCUT2D eigenvalue weighted by atomic mass is 79.9. The first-order valence-corrected chi connectivity index (χ1v) is 6.19. The van der Waals surface area contributed by atoms with Gasteiger partial charge >= 0.3 is 5.97 Å². The monoisotopic (exact) mass is 300 g/mol. The van der Waals surface area contributed by atoms with Gasteiger partial charge in [-0.1, -0.05) is 48.8 Å². The van der Waals surface area contributed by atoms with Crippen LogP contribution in [0.5, 0.6) is 0 Å². The lowest BCUT2D eigenvalue weighted by Gasteiger charge is -2.27. The molecule has 0 aliphatic rings. The highest BCUT2D eigenvalue weighted by Gasteiger charge is 2.32. The summed E-state index contributed by atoms with van der Waals surface area (Å²) in [6.45, 7) is 5.86. The third kappa shape index (κ3) is 4.48. The van der Waals surface area contributed by atoms with Crippen molar-refractivity contribution in [3.8, 4) is 0 Å². The van der Waals surface area contributed by atoms with Gasteiger partial charge in [0.25, 0.3) is 0 Å². The number of carboxylic acids is 1. The SMILES string of the molecule is CC(C)(C)C(OCc1cccc(Br)c1)C(=O)O. The Balaban J connectivity index is 2.68.